The predicted octanol–water partition coefficient (Wildman–Crippen LogP) is 3.13. The molecule has 0 unspecified atom stereocenters. The van der Waals surface area contributed by atoms with Crippen molar-refractivity contribution in [2.75, 3.05) is 7.11 Å². The van der Waals surface area contributed by atoms with Crippen LogP contribution in [0.2, 0.25) is 0 Å². The summed E-state index contributed by atoms with van der Waals surface area (Å²) in [6.07, 6.45) is 2.70. The molecule has 0 amide bonds. The van der Waals surface area contributed by atoms with Gasteiger partial charge in [-0.25, -0.2) is 4.98 Å². The monoisotopic (exact) mass is 266 g/mol. The van der Waals surface area contributed by atoms with Crippen LogP contribution in [-0.2, 0) is 0 Å². The second-order valence-corrected chi connectivity index (χ2v) is 4.63. The molecule has 0 bridgehead atoms. The Morgan fingerprint density at radius 3 is 2.85 bits per heavy atom. The first-order chi connectivity index (χ1) is 9.72. The standard InChI is InChI=1S/C16H14N2O2/c1-11-6-7-18-14(10-19)16(17-15(18)8-11)12-4-3-5-13(9-12)20-2/h3-10H,1-2H3. The summed E-state index contributed by atoms with van der Waals surface area (Å²) < 4.78 is 7.02. The van der Waals surface area contributed by atoms with Gasteiger partial charge < -0.3 is 4.74 Å². The Morgan fingerprint density at radius 2 is 2.10 bits per heavy atom. The van der Waals surface area contributed by atoms with Crippen LogP contribution >= 0.6 is 0 Å². The topological polar surface area (TPSA) is 43.6 Å². The van der Waals surface area contributed by atoms with Crippen molar-refractivity contribution in [3.05, 3.63) is 53.9 Å². The molecule has 0 spiro atoms. The zero-order valence-corrected chi connectivity index (χ0v) is 11.3. The van der Waals surface area contributed by atoms with E-state index in [0.29, 0.717) is 11.4 Å². The first-order valence-electron chi connectivity index (χ1n) is 6.31. The van der Waals surface area contributed by atoms with E-state index >= 15 is 0 Å². The first-order valence-corrected chi connectivity index (χ1v) is 6.31. The van der Waals surface area contributed by atoms with Gasteiger partial charge in [-0.15, -0.1) is 0 Å². The number of pyridine rings is 1. The number of carbonyl (C=O) groups excluding carboxylic acids is 1. The van der Waals surface area contributed by atoms with E-state index in [2.05, 4.69) is 4.98 Å². The largest absolute Gasteiger partial charge is 0.497 e. The summed E-state index contributed by atoms with van der Waals surface area (Å²) in [5.41, 5.74) is 3.97. The molecule has 0 fully saturated rings. The van der Waals surface area contributed by atoms with Gasteiger partial charge in [0, 0.05) is 11.8 Å². The molecule has 0 radical (unpaired) electrons. The number of nitrogens with zero attached hydrogens (tertiary/aromatic N) is 2. The third kappa shape index (κ3) is 1.95. The number of imidazole rings is 1. The summed E-state index contributed by atoms with van der Waals surface area (Å²) in [6.45, 7) is 2.00. The third-order valence-electron chi connectivity index (χ3n) is 3.27. The van der Waals surface area contributed by atoms with Crippen LogP contribution in [0.1, 0.15) is 16.1 Å². The van der Waals surface area contributed by atoms with Crippen molar-refractivity contribution in [2.24, 2.45) is 0 Å². The Kier molecular flexibility index (Phi) is 2.99. The highest BCUT2D eigenvalue weighted by Gasteiger charge is 2.13. The van der Waals surface area contributed by atoms with E-state index in [1.165, 1.54) is 0 Å². The van der Waals surface area contributed by atoms with Gasteiger partial charge in [0.1, 0.15) is 22.8 Å². The molecule has 100 valence electrons. The number of carbonyl (C=O) groups is 1. The van der Waals surface area contributed by atoms with Crippen molar-refractivity contribution in [1.29, 1.82) is 0 Å². The number of methoxy groups -OCH3 is 1. The number of aldehydes is 1. The number of ether oxygens (including phenoxy) is 1. The first kappa shape index (κ1) is 12.4. The molecular formula is C16H14N2O2. The van der Waals surface area contributed by atoms with E-state index in [0.717, 1.165) is 28.8 Å². The molecule has 3 aromatic rings. The normalized spacial score (nSPS) is 10.7. The van der Waals surface area contributed by atoms with Gasteiger partial charge in [0.25, 0.3) is 0 Å². The maximum Gasteiger partial charge on any atom is 0.169 e. The molecular weight excluding hydrogens is 252 g/mol. The quantitative estimate of drug-likeness (QED) is 0.684. The number of aryl methyl sites for hydroxylation is 1. The van der Waals surface area contributed by atoms with Crippen molar-refractivity contribution < 1.29 is 9.53 Å². The highest BCUT2D eigenvalue weighted by atomic mass is 16.5. The minimum atomic E-state index is 0.549. The van der Waals surface area contributed by atoms with Gasteiger partial charge >= 0.3 is 0 Å². The fraction of sp³-hybridized carbons (Fsp3) is 0.125. The van der Waals surface area contributed by atoms with Gasteiger partial charge in [0.2, 0.25) is 0 Å². The third-order valence-corrected chi connectivity index (χ3v) is 3.27. The van der Waals surface area contributed by atoms with Crippen LogP contribution in [0.4, 0.5) is 0 Å². The van der Waals surface area contributed by atoms with Gasteiger partial charge in [-0.05, 0) is 36.8 Å². The molecule has 4 heteroatoms. The SMILES string of the molecule is COc1cccc(-c2nc3cc(C)ccn3c2C=O)c1. The molecule has 20 heavy (non-hydrogen) atoms. The lowest BCUT2D eigenvalue weighted by Gasteiger charge is -2.02. The summed E-state index contributed by atoms with van der Waals surface area (Å²) in [4.78, 5) is 16.0. The Labute approximate surface area is 116 Å². The van der Waals surface area contributed by atoms with E-state index in [9.17, 15) is 4.79 Å². The molecule has 0 aliphatic carbocycles. The molecule has 0 N–H and O–H groups in total. The smallest absolute Gasteiger partial charge is 0.169 e. The van der Waals surface area contributed by atoms with Crippen molar-refractivity contribution in [3.63, 3.8) is 0 Å². The van der Waals surface area contributed by atoms with Crippen LogP contribution in [0.25, 0.3) is 16.9 Å². The lowest BCUT2D eigenvalue weighted by Crippen LogP contribution is -1.92. The summed E-state index contributed by atoms with van der Waals surface area (Å²) >= 11 is 0. The Balaban J connectivity index is 2.26. The minimum absolute atomic E-state index is 0.549. The van der Waals surface area contributed by atoms with Crippen LogP contribution in [-0.4, -0.2) is 22.8 Å². The molecule has 0 aliphatic heterocycles. The lowest BCUT2D eigenvalue weighted by molar-refractivity contribution is 0.111. The lowest BCUT2D eigenvalue weighted by atomic mass is 10.1. The Hall–Kier alpha value is -2.62. The molecule has 4 nitrogen and oxygen atoms in total. The summed E-state index contributed by atoms with van der Waals surface area (Å²) in [5, 5.41) is 0. The van der Waals surface area contributed by atoms with Crippen molar-refractivity contribution in [1.82, 2.24) is 9.38 Å². The summed E-state index contributed by atoms with van der Waals surface area (Å²) in [5.74, 6) is 0.743. The predicted molar refractivity (Wildman–Crippen MR) is 77.3 cm³/mol. The average molecular weight is 266 g/mol. The van der Waals surface area contributed by atoms with E-state index < -0.39 is 0 Å². The molecule has 0 aliphatic rings. The zero-order valence-electron chi connectivity index (χ0n) is 11.3. The molecule has 0 saturated heterocycles. The van der Waals surface area contributed by atoms with Crippen LogP contribution in [0, 0.1) is 6.92 Å². The van der Waals surface area contributed by atoms with Crippen LogP contribution in [0.15, 0.2) is 42.6 Å². The van der Waals surface area contributed by atoms with Crippen molar-refractivity contribution in [2.45, 2.75) is 6.92 Å². The highest BCUT2D eigenvalue weighted by Crippen LogP contribution is 2.26. The van der Waals surface area contributed by atoms with E-state index in [1.54, 1.807) is 11.5 Å². The second kappa shape index (κ2) is 4.81. The van der Waals surface area contributed by atoms with Crippen LogP contribution in [0.3, 0.4) is 0 Å². The van der Waals surface area contributed by atoms with Gasteiger partial charge in [0.15, 0.2) is 6.29 Å². The van der Waals surface area contributed by atoms with E-state index in [-0.39, 0.29) is 0 Å². The van der Waals surface area contributed by atoms with Crippen molar-refractivity contribution >= 4 is 11.9 Å². The number of hydrogen-bond donors (Lipinski definition) is 0. The average Bonchev–Trinajstić information content (AvgIpc) is 2.84. The second-order valence-electron chi connectivity index (χ2n) is 4.63. The number of fused-ring (bicyclic) bond motifs is 1. The molecule has 2 heterocycles. The summed E-state index contributed by atoms with van der Waals surface area (Å²) in [6, 6.07) is 11.5. The van der Waals surface area contributed by atoms with Gasteiger partial charge in [-0.1, -0.05) is 12.1 Å². The molecule has 2 aromatic heterocycles. The minimum Gasteiger partial charge on any atom is -0.497 e. The molecule has 3 rings (SSSR count). The summed E-state index contributed by atoms with van der Waals surface area (Å²) in [7, 11) is 1.62. The Bertz CT molecular complexity index is 790. The van der Waals surface area contributed by atoms with E-state index in [4.69, 9.17) is 4.74 Å². The number of rotatable bonds is 3. The Morgan fingerprint density at radius 1 is 1.25 bits per heavy atom. The fourth-order valence-corrected chi connectivity index (χ4v) is 2.26. The van der Waals surface area contributed by atoms with Crippen LogP contribution < -0.4 is 4.74 Å². The molecule has 1 aromatic carbocycles. The molecule has 0 atom stereocenters. The van der Waals surface area contributed by atoms with Gasteiger partial charge in [-0.3, -0.25) is 9.20 Å². The number of aromatic nitrogens is 2. The van der Waals surface area contributed by atoms with Gasteiger partial charge in [-0.2, -0.15) is 0 Å². The zero-order chi connectivity index (χ0) is 14.1. The van der Waals surface area contributed by atoms with E-state index in [1.807, 2.05) is 49.5 Å². The number of benzene rings is 1. The van der Waals surface area contributed by atoms with Crippen LogP contribution in [0.5, 0.6) is 5.75 Å². The highest BCUT2D eigenvalue weighted by molar-refractivity contribution is 5.86. The van der Waals surface area contributed by atoms with Crippen molar-refractivity contribution in [3.8, 4) is 17.0 Å². The molecule has 0 saturated carbocycles. The van der Waals surface area contributed by atoms with Gasteiger partial charge in [0.05, 0.1) is 7.11 Å². The maximum atomic E-state index is 11.4. The fourth-order valence-electron chi connectivity index (χ4n) is 2.26. The maximum absolute atomic E-state index is 11.4. The number of hydrogen-bond acceptors (Lipinski definition) is 3.